The van der Waals surface area contributed by atoms with Crippen LogP contribution >= 0.6 is 0 Å². The molecule has 1 N–H and O–H groups in total. The molecule has 0 aliphatic rings. The van der Waals surface area contributed by atoms with Crippen molar-refractivity contribution in [3.8, 4) is 0 Å². The Kier molecular flexibility index (Phi) is 5.24. The molecule has 1 heterocycles. The fourth-order valence-corrected chi connectivity index (χ4v) is 2.03. The minimum atomic E-state index is -0.469. The molecule has 1 atom stereocenters. The Hall–Kier alpha value is -2.96. The summed E-state index contributed by atoms with van der Waals surface area (Å²) < 4.78 is 1.79. The lowest BCUT2D eigenvalue weighted by atomic mass is 10.2. The Morgan fingerprint density at radius 1 is 1.48 bits per heavy atom. The highest BCUT2D eigenvalue weighted by Crippen LogP contribution is 2.14. The number of amides is 1. The van der Waals surface area contributed by atoms with E-state index in [4.69, 9.17) is 0 Å². The Labute approximate surface area is 133 Å². The average molecular weight is 314 g/mol. The Balaban J connectivity index is 1.98. The first kappa shape index (κ1) is 16.4. The molecule has 0 saturated carbocycles. The molecule has 0 saturated heterocycles. The average Bonchev–Trinajstić information content (AvgIpc) is 3.02. The van der Waals surface area contributed by atoms with Crippen LogP contribution in [-0.2, 0) is 11.3 Å². The highest BCUT2D eigenvalue weighted by atomic mass is 16.6. The van der Waals surface area contributed by atoms with Crippen LogP contribution < -0.4 is 5.32 Å². The molecular formula is C16H18N4O3. The summed E-state index contributed by atoms with van der Waals surface area (Å²) in [6.45, 7) is 4.61. The van der Waals surface area contributed by atoms with Gasteiger partial charge in [0.15, 0.2) is 0 Å². The first-order chi connectivity index (χ1) is 11.0. The topological polar surface area (TPSA) is 90.1 Å². The van der Waals surface area contributed by atoms with E-state index in [1.54, 1.807) is 22.9 Å². The molecule has 2 aromatic rings. The lowest BCUT2D eigenvalue weighted by Gasteiger charge is -2.09. The lowest BCUT2D eigenvalue weighted by Crippen LogP contribution is -2.25. The molecule has 0 bridgehead atoms. The molecule has 0 aliphatic carbocycles. The molecule has 0 radical (unpaired) electrons. The minimum absolute atomic E-state index is 0.00830. The number of carbonyl (C=O) groups is 1. The summed E-state index contributed by atoms with van der Waals surface area (Å²) in [7, 11) is 0. The maximum absolute atomic E-state index is 11.9. The second-order valence-corrected chi connectivity index (χ2v) is 5.01. The van der Waals surface area contributed by atoms with Crippen LogP contribution in [0.4, 0.5) is 5.69 Å². The van der Waals surface area contributed by atoms with E-state index < -0.39 is 4.92 Å². The number of nitro benzene ring substituents is 1. The zero-order valence-corrected chi connectivity index (χ0v) is 13.0. The first-order valence-corrected chi connectivity index (χ1v) is 7.26. The number of nitrogens with zero attached hydrogens (tertiary/aromatic N) is 3. The van der Waals surface area contributed by atoms with Gasteiger partial charge < -0.3 is 5.32 Å². The molecule has 1 amide bonds. The molecule has 0 spiro atoms. The van der Waals surface area contributed by atoms with Crippen molar-refractivity contribution >= 4 is 17.7 Å². The summed E-state index contributed by atoms with van der Waals surface area (Å²) in [6, 6.07) is 7.74. The van der Waals surface area contributed by atoms with Crippen LogP contribution in [-0.4, -0.2) is 20.6 Å². The van der Waals surface area contributed by atoms with Crippen molar-refractivity contribution in [3.63, 3.8) is 0 Å². The van der Waals surface area contributed by atoms with Crippen LogP contribution in [0.25, 0.3) is 6.08 Å². The Morgan fingerprint density at radius 3 is 2.91 bits per heavy atom. The van der Waals surface area contributed by atoms with Crippen molar-refractivity contribution in [2.45, 2.75) is 26.4 Å². The van der Waals surface area contributed by atoms with E-state index in [1.807, 2.05) is 26.1 Å². The highest BCUT2D eigenvalue weighted by Gasteiger charge is 2.10. The van der Waals surface area contributed by atoms with Gasteiger partial charge >= 0.3 is 0 Å². The fourth-order valence-electron chi connectivity index (χ4n) is 2.03. The predicted octanol–water partition coefficient (Wildman–Crippen LogP) is 2.70. The molecule has 1 unspecified atom stereocenters. The van der Waals surface area contributed by atoms with E-state index in [0.29, 0.717) is 5.56 Å². The Bertz CT molecular complexity index is 736. The van der Waals surface area contributed by atoms with Crippen molar-refractivity contribution in [1.29, 1.82) is 0 Å². The van der Waals surface area contributed by atoms with Crippen LogP contribution in [0.5, 0.6) is 0 Å². The first-order valence-electron chi connectivity index (χ1n) is 7.26. The van der Waals surface area contributed by atoms with Crippen LogP contribution in [0.1, 0.15) is 31.1 Å². The number of rotatable bonds is 6. The molecule has 0 fully saturated rings. The summed E-state index contributed by atoms with van der Waals surface area (Å²) >= 11 is 0. The molecular weight excluding hydrogens is 296 g/mol. The maximum atomic E-state index is 11.9. The predicted molar refractivity (Wildman–Crippen MR) is 86.6 cm³/mol. The second-order valence-electron chi connectivity index (χ2n) is 5.01. The third kappa shape index (κ3) is 4.50. The van der Waals surface area contributed by atoms with E-state index in [-0.39, 0.29) is 17.6 Å². The normalized spacial score (nSPS) is 12.3. The number of benzene rings is 1. The van der Waals surface area contributed by atoms with E-state index in [0.717, 1.165) is 12.2 Å². The van der Waals surface area contributed by atoms with Gasteiger partial charge in [-0.1, -0.05) is 12.1 Å². The number of hydrogen-bond donors (Lipinski definition) is 1. The number of nitro groups is 1. The van der Waals surface area contributed by atoms with Gasteiger partial charge in [0.1, 0.15) is 0 Å². The third-order valence-electron chi connectivity index (χ3n) is 3.30. The minimum Gasteiger partial charge on any atom is -0.344 e. The van der Waals surface area contributed by atoms with Gasteiger partial charge in [0, 0.05) is 31.0 Å². The number of non-ortho nitro benzene ring substituents is 1. The molecule has 7 nitrogen and oxygen atoms in total. The van der Waals surface area contributed by atoms with Crippen molar-refractivity contribution < 1.29 is 9.72 Å². The number of aromatic nitrogens is 2. The summed E-state index contributed by atoms with van der Waals surface area (Å²) in [5.41, 5.74) is 1.37. The number of hydrogen-bond acceptors (Lipinski definition) is 4. The van der Waals surface area contributed by atoms with Gasteiger partial charge in [-0.25, -0.2) is 0 Å². The van der Waals surface area contributed by atoms with Crippen molar-refractivity contribution in [2.75, 3.05) is 0 Å². The third-order valence-corrected chi connectivity index (χ3v) is 3.30. The molecule has 0 aliphatic heterocycles. The molecule has 7 heteroatoms. The standard InChI is InChI=1S/C16H18N4O3/c1-3-19-10-9-15(18-19)12(2)17-16(21)8-7-13-5-4-6-14(11-13)20(22)23/h4-12H,3H2,1-2H3,(H,17,21)/b8-7+. The number of nitrogens with one attached hydrogen (secondary N) is 1. The van der Waals surface area contributed by atoms with Crippen molar-refractivity contribution in [2.24, 2.45) is 0 Å². The van der Waals surface area contributed by atoms with Crippen molar-refractivity contribution in [1.82, 2.24) is 15.1 Å². The smallest absolute Gasteiger partial charge is 0.270 e. The Morgan fingerprint density at radius 2 is 2.26 bits per heavy atom. The lowest BCUT2D eigenvalue weighted by molar-refractivity contribution is -0.384. The van der Waals surface area contributed by atoms with Crippen LogP contribution in [0.2, 0.25) is 0 Å². The van der Waals surface area contributed by atoms with Crippen LogP contribution in [0.3, 0.4) is 0 Å². The van der Waals surface area contributed by atoms with Gasteiger partial charge in [-0.2, -0.15) is 5.10 Å². The molecule has 1 aromatic heterocycles. The van der Waals surface area contributed by atoms with E-state index in [1.165, 1.54) is 18.2 Å². The van der Waals surface area contributed by atoms with Gasteiger partial charge in [0.2, 0.25) is 5.91 Å². The second kappa shape index (κ2) is 7.35. The van der Waals surface area contributed by atoms with E-state index in [2.05, 4.69) is 10.4 Å². The number of carbonyl (C=O) groups excluding carboxylic acids is 1. The van der Waals surface area contributed by atoms with Gasteiger partial charge in [0.25, 0.3) is 5.69 Å². The van der Waals surface area contributed by atoms with E-state index >= 15 is 0 Å². The van der Waals surface area contributed by atoms with Gasteiger partial charge in [-0.05, 0) is 31.6 Å². The largest absolute Gasteiger partial charge is 0.344 e. The molecule has 2 rings (SSSR count). The van der Waals surface area contributed by atoms with Crippen molar-refractivity contribution in [3.05, 3.63) is 64.0 Å². The SMILES string of the molecule is CCn1ccc(C(C)NC(=O)/C=C/c2cccc([N+](=O)[O-])c2)n1. The van der Waals surface area contributed by atoms with Gasteiger partial charge in [-0.3, -0.25) is 19.6 Å². The summed E-state index contributed by atoms with van der Waals surface area (Å²) in [6.07, 6.45) is 4.75. The van der Waals surface area contributed by atoms with Crippen LogP contribution in [0.15, 0.2) is 42.6 Å². The monoisotopic (exact) mass is 314 g/mol. The number of aryl methyl sites for hydroxylation is 1. The quantitative estimate of drug-likeness (QED) is 0.504. The molecule has 23 heavy (non-hydrogen) atoms. The summed E-state index contributed by atoms with van der Waals surface area (Å²) in [5.74, 6) is -0.282. The molecule has 120 valence electrons. The maximum Gasteiger partial charge on any atom is 0.270 e. The molecule has 1 aromatic carbocycles. The van der Waals surface area contributed by atoms with E-state index in [9.17, 15) is 14.9 Å². The fraction of sp³-hybridized carbons (Fsp3) is 0.250. The summed E-state index contributed by atoms with van der Waals surface area (Å²) in [4.78, 5) is 22.2. The van der Waals surface area contributed by atoms with Gasteiger partial charge in [-0.15, -0.1) is 0 Å². The summed E-state index contributed by atoms with van der Waals surface area (Å²) in [5, 5.41) is 17.9. The van der Waals surface area contributed by atoms with Gasteiger partial charge in [0.05, 0.1) is 16.7 Å². The van der Waals surface area contributed by atoms with Crippen LogP contribution in [0, 0.1) is 10.1 Å². The highest BCUT2D eigenvalue weighted by molar-refractivity contribution is 5.92. The zero-order valence-electron chi connectivity index (χ0n) is 13.0. The zero-order chi connectivity index (χ0) is 16.8.